The summed E-state index contributed by atoms with van der Waals surface area (Å²) >= 11 is 0. The van der Waals surface area contributed by atoms with Gasteiger partial charge in [0.15, 0.2) is 14.5 Å². The van der Waals surface area contributed by atoms with Gasteiger partial charge in [-0.3, -0.25) is 14.6 Å². The number of phenols is 2. The SMILES string of the molecule is CC(C)(C)[Si](C)(C)OCc1cccnc1/C=N/N1C(=O)c2c(c3c4ccc(O)cc4n([C@@H]4O[C@H](CO)[C@@H](O)[C@H](O)[C@H]4O)c3c3[nH]c4cc(O)ccc4c23)C1=O. The molecule has 5 atom stereocenters. The third-order valence-corrected chi connectivity index (χ3v) is 15.8. The number of aromatic amines is 1. The normalized spacial score (nSPS) is 22.3. The van der Waals surface area contributed by atoms with Crippen molar-refractivity contribution in [3.05, 3.63) is 77.1 Å². The minimum atomic E-state index is -2.14. The van der Waals surface area contributed by atoms with Crippen LogP contribution in [0.15, 0.2) is 59.8 Å². The number of benzene rings is 3. The van der Waals surface area contributed by atoms with E-state index in [1.807, 2.05) is 6.07 Å². The van der Waals surface area contributed by atoms with Gasteiger partial charge in [0, 0.05) is 45.4 Å². The summed E-state index contributed by atoms with van der Waals surface area (Å²) in [6.45, 7) is 10.3. The fourth-order valence-electron chi connectivity index (χ4n) is 7.34. The predicted molar refractivity (Wildman–Crippen MR) is 205 cm³/mol. The molecule has 286 valence electrons. The zero-order chi connectivity index (χ0) is 39.3. The second-order valence-electron chi connectivity index (χ2n) is 15.6. The van der Waals surface area contributed by atoms with Gasteiger partial charge in [0.05, 0.1) is 58.3 Å². The number of phenolic OH excluding ortho intramolecular Hbond substituents is 2. The molecule has 7 N–H and O–H groups in total. The maximum Gasteiger partial charge on any atom is 0.283 e. The van der Waals surface area contributed by atoms with Crippen LogP contribution in [0, 0.1) is 0 Å². The molecule has 1 saturated heterocycles. The van der Waals surface area contributed by atoms with Crippen molar-refractivity contribution in [1.29, 1.82) is 0 Å². The molecule has 0 aliphatic carbocycles. The second kappa shape index (κ2) is 12.9. The molecule has 0 radical (unpaired) electrons. The van der Waals surface area contributed by atoms with Crippen molar-refractivity contribution in [1.82, 2.24) is 19.5 Å². The summed E-state index contributed by atoms with van der Waals surface area (Å²) in [5, 5.41) is 70.6. The number of imide groups is 1. The number of rotatable bonds is 7. The van der Waals surface area contributed by atoms with Gasteiger partial charge in [-0.1, -0.05) is 26.8 Å². The minimum Gasteiger partial charge on any atom is -0.508 e. The average Bonchev–Trinajstić information content (AvgIpc) is 3.75. The third-order valence-electron chi connectivity index (χ3n) is 11.3. The number of pyridine rings is 1. The van der Waals surface area contributed by atoms with E-state index < -0.39 is 57.4 Å². The number of nitrogens with zero attached hydrogens (tertiary/aromatic N) is 4. The molecule has 3 aromatic carbocycles. The first kappa shape index (κ1) is 36.8. The van der Waals surface area contributed by atoms with Crippen LogP contribution in [-0.2, 0) is 15.8 Å². The van der Waals surface area contributed by atoms with E-state index in [2.05, 4.69) is 48.9 Å². The lowest BCUT2D eigenvalue weighted by molar-refractivity contribution is -0.249. The predicted octanol–water partition coefficient (Wildman–Crippen LogP) is 4.36. The Kier molecular flexibility index (Phi) is 8.65. The Morgan fingerprint density at radius 1 is 0.945 bits per heavy atom. The summed E-state index contributed by atoms with van der Waals surface area (Å²) in [6.07, 6.45) is -4.96. The Bertz CT molecular complexity index is 2590. The summed E-state index contributed by atoms with van der Waals surface area (Å²) in [6, 6.07) is 12.5. The van der Waals surface area contributed by atoms with E-state index >= 15 is 0 Å². The topological polar surface area (TPSA) is 223 Å². The number of carbonyl (C=O) groups excluding carboxylic acids is 2. The number of aliphatic hydroxyl groups is 4. The van der Waals surface area contributed by atoms with Crippen molar-refractivity contribution >= 4 is 70.0 Å². The Morgan fingerprint density at radius 2 is 1.62 bits per heavy atom. The van der Waals surface area contributed by atoms with Gasteiger partial charge in [0.1, 0.15) is 35.9 Å². The van der Waals surface area contributed by atoms with Crippen molar-refractivity contribution in [3.8, 4) is 11.5 Å². The number of hydrogen-bond donors (Lipinski definition) is 7. The molecule has 55 heavy (non-hydrogen) atoms. The number of aromatic hydroxyl groups is 2. The van der Waals surface area contributed by atoms with Gasteiger partial charge in [-0.05, 0) is 48.5 Å². The van der Waals surface area contributed by atoms with Crippen molar-refractivity contribution in [2.45, 2.75) is 76.2 Å². The molecule has 0 spiro atoms. The maximum atomic E-state index is 14.7. The standard InChI is InChI=1S/C39H41N5O10Si/c1-39(2,3)55(4,5)53-17-18-7-6-12-40-24(18)15-41-44-36(51)29-27-21-10-8-19(46)13-23(21)42-31(27)32-28(30(29)37(44)52)22-11-9-20(47)14-25(22)43(32)38-35(50)34(49)33(48)26(16-45)54-38/h6-15,26,33-35,38,42,45-50H,16-17H2,1-5H3/b41-15+/t26-,33-,34+,35-,38-/m1/s1. The lowest BCUT2D eigenvalue weighted by atomic mass is 9.96. The lowest BCUT2D eigenvalue weighted by Crippen LogP contribution is -2.56. The highest BCUT2D eigenvalue weighted by molar-refractivity contribution is 6.74. The van der Waals surface area contributed by atoms with Crippen molar-refractivity contribution in [2.24, 2.45) is 5.10 Å². The third kappa shape index (κ3) is 5.63. The van der Waals surface area contributed by atoms with Crippen molar-refractivity contribution in [3.63, 3.8) is 0 Å². The molecule has 2 aliphatic heterocycles. The molecule has 2 amide bonds. The number of nitrogens with one attached hydrogen (secondary N) is 1. The molecule has 15 nitrogen and oxygen atoms in total. The molecule has 8 rings (SSSR count). The zero-order valence-electron chi connectivity index (χ0n) is 30.7. The Balaban J connectivity index is 1.35. The highest BCUT2D eigenvalue weighted by Crippen LogP contribution is 2.48. The first-order valence-electron chi connectivity index (χ1n) is 17.8. The van der Waals surface area contributed by atoms with E-state index in [0.29, 0.717) is 32.9 Å². The number of aromatic nitrogens is 3. The van der Waals surface area contributed by atoms with Crippen LogP contribution in [0.4, 0.5) is 0 Å². The van der Waals surface area contributed by atoms with E-state index in [1.54, 1.807) is 24.4 Å². The van der Waals surface area contributed by atoms with Crippen LogP contribution >= 0.6 is 0 Å². The molecular weight excluding hydrogens is 727 g/mol. The second-order valence-corrected chi connectivity index (χ2v) is 20.4. The molecular formula is C39H41N5O10Si. The van der Waals surface area contributed by atoms with Gasteiger partial charge in [-0.2, -0.15) is 10.1 Å². The number of carbonyl (C=O) groups is 2. The van der Waals surface area contributed by atoms with Gasteiger partial charge in [0.2, 0.25) is 0 Å². The van der Waals surface area contributed by atoms with Crippen LogP contribution in [0.5, 0.6) is 11.5 Å². The number of hydrogen-bond acceptors (Lipinski definition) is 12. The fraction of sp³-hybridized carbons (Fsp3) is 0.333. The van der Waals surface area contributed by atoms with Crippen LogP contribution < -0.4 is 0 Å². The Hall–Kier alpha value is -5.20. The minimum absolute atomic E-state index is 0.0137. The molecule has 2 aliphatic rings. The summed E-state index contributed by atoms with van der Waals surface area (Å²) in [5.41, 5.74) is 2.37. The van der Waals surface area contributed by atoms with E-state index in [0.717, 1.165) is 10.6 Å². The average molecular weight is 768 g/mol. The molecule has 16 heteroatoms. The van der Waals surface area contributed by atoms with Gasteiger partial charge < -0.3 is 49.4 Å². The molecule has 6 aromatic rings. The highest BCUT2D eigenvalue weighted by Gasteiger charge is 2.47. The zero-order valence-corrected chi connectivity index (χ0v) is 31.7. The van der Waals surface area contributed by atoms with Crippen LogP contribution in [0.25, 0.3) is 43.6 Å². The largest absolute Gasteiger partial charge is 0.508 e. The number of ether oxygens (including phenoxy) is 1. The maximum absolute atomic E-state index is 14.7. The van der Waals surface area contributed by atoms with Gasteiger partial charge in [-0.15, -0.1) is 0 Å². The number of hydrazone groups is 1. The molecule has 1 fully saturated rings. The van der Waals surface area contributed by atoms with E-state index in [4.69, 9.17) is 9.16 Å². The van der Waals surface area contributed by atoms with Gasteiger partial charge >= 0.3 is 0 Å². The highest BCUT2D eigenvalue weighted by atomic mass is 28.4. The van der Waals surface area contributed by atoms with E-state index in [1.165, 1.54) is 35.0 Å². The van der Waals surface area contributed by atoms with E-state index in [9.17, 15) is 40.2 Å². The first-order chi connectivity index (χ1) is 26.0. The van der Waals surface area contributed by atoms with Gasteiger partial charge in [-0.25, -0.2) is 0 Å². The monoisotopic (exact) mass is 767 g/mol. The Labute approximate surface area is 314 Å². The van der Waals surface area contributed by atoms with Crippen LogP contribution in [-0.4, -0.2) is 108 Å². The molecule has 5 heterocycles. The van der Waals surface area contributed by atoms with E-state index in [-0.39, 0.29) is 50.7 Å². The van der Waals surface area contributed by atoms with Crippen LogP contribution in [0.1, 0.15) is 59.0 Å². The Morgan fingerprint density at radius 3 is 2.31 bits per heavy atom. The fourth-order valence-corrected chi connectivity index (χ4v) is 8.29. The number of amides is 2. The summed E-state index contributed by atoms with van der Waals surface area (Å²) in [4.78, 5) is 36.9. The molecule has 3 aromatic heterocycles. The summed E-state index contributed by atoms with van der Waals surface area (Å²) in [7, 11) is -2.14. The number of H-pyrrole nitrogens is 1. The smallest absolute Gasteiger partial charge is 0.283 e. The quantitative estimate of drug-likeness (QED) is 0.0687. The number of fused-ring (bicyclic) bond motifs is 10. The molecule has 0 bridgehead atoms. The van der Waals surface area contributed by atoms with Crippen LogP contribution in [0.2, 0.25) is 18.1 Å². The lowest BCUT2D eigenvalue weighted by Gasteiger charge is -2.41. The first-order valence-corrected chi connectivity index (χ1v) is 20.7. The molecule has 0 unspecified atom stereocenters. The summed E-state index contributed by atoms with van der Waals surface area (Å²) in [5.74, 6) is -1.72. The van der Waals surface area contributed by atoms with Crippen LogP contribution in [0.3, 0.4) is 0 Å². The van der Waals surface area contributed by atoms with Crippen molar-refractivity contribution in [2.75, 3.05) is 6.61 Å². The van der Waals surface area contributed by atoms with Crippen molar-refractivity contribution < 1.29 is 49.4 Å². The van der Waals surface area contributed by atoms with Gasteiger partial charge in [0.25, 0.3) is 11.8 Å². The molecule has 0 saturated carbocycles. The number of aliphatic hydroxyl groups excluding tert-OH is 4. The summed E-state index contributed by atoms with van der Waals surface area (Å²) < 4.78 is 13.9.